The SMILES string of the molecule is CC(C#N)n1cncc(-c2ccc(C3(NC(=O)c4ncc5cnn(C(C)C)c5n4)CC3)cc2)c1=O. The van der Waals surface area contributed by atoms with Crippen LogP contribution in [0, 0.1) is 11.3 Å². The van der Waals surface area contributed by atoms with Crippen LogP contribution in [-0.2, 0) is 5.54 Å². The Morgan fingerprint density at radius 2 is 1.89 bits per heavy atom. The molecule has 1 saturated carbocycles. The molecule has 10 heteroatoms. The van der Waals surface area contributed by atoms with Crippen molar-refractivity contribution in [2.24, 2.45) is 0 Å². The van der Waals surface area contributed by atoms with Crippen molar-refractivity contribution in [3.05, 3.63) is 70.9 Å². The molecule has 10 nitrogen and oxygen atoms in total. The Morgan fingerprint density at radius 1 is 1.14 bits per heavy atom. The van der Waals surface area contributed by atoms with E-state index in [0.717, 1.165) is 23.8 Å². The van der Waals surface area contributed by atoms with Gasteiger partial charge in [-0.05, 0) is 44.7 Å². The number of nitriles is 1. The lowest BCUT2D eigenvalue weighted by molar-refractivity contribution is 0.0920. The first-order chi connectivity index (χ1) is 16.8. The van der Waals surface area contributed by atoms with Crippen LogP contribution in [-0.4, -0.2) is 35.2 Å². The number of carbonyl (C=O) groups is 1. The average Bonchev–Trinajstić information content (AvgIpc) is 3.51. The lowest BCUT2D eigenvalue weighted by Crippen LogP contribution is -2.36. The van der Waals surface area contributed by atoms with E-state index in [0.29, 0.717) is 16.8 Å². The zero-order valence-electron chi connectivity index (χ0n) is 19.6. The molecule has 1 unspecified atom stereocenters. The zero-order chi connectivity index (χ0) is 24.7. The molecule has 0 radical (unpaired) electrons. The van der Waals surface area contributed by atoms with Crippen LogP contribution < -0.4 is 10.9 Å². The predicted molar refractivity (Wildman–Crippen MR) is 128 cm³/mol. The van der Waals surface area contributed by atoms with E-state index in [-0.39, 0.29) is 23.3 Å². The Morgan fingerprint density at radius 3 is 2.54 bits per heavy atom. The first-order valence-corrected chi connectivity index (χ1v) is 11.4. The highest BCUT2D eigenvalue weighted by Gasteiger charge is 2.46. The van der Waals surface area contributed by atoms with Crippen molar-refractivity contribution in [2.75, 3.05) is 0 Å². The normalized spacial score (nSPS) is 15.1. The number of carbonyl (C=O) groups excluding carboxylic acids is 1. The molecule has 5 rings (SSSR count). The summed E-state index contributed by atoms with van der Waals surface area (Å²) in [4.78, 5) is 38.7. The van der Waals surface area contributed by atoms with Gasteiger partial charge in [-0.15, -0.1) is 0 Å². The highest BCUT2D eigenvalue weighted by atomic mass is 16.2. The van der Waals surface area contributed by atoms with Gasteiger partial charge >= 0.3 is 0 Å². The Balaban J connectivity index is 1.39. The largest absolute Gasteiger partial charge is 0.340 e. The summed E-state index contributed by atoms with van der Waals surface area (Å²) in [5.74, 6) is -0.240. The smallest absolute Gasteiger partial charge is 0.289 e. The number of amides is 1. The fraction of sp³-hybridized carbons (Fsp3) is 0.320. The van der Waals surface area contributed by atoms with Crippen molar-refractivity contribution >= 4 is 16.9 Å². The van der Waals surface area contributed by atoms with Crippen molar-refractivity contribution in [3.63, 3.8) is 0 Å². The van der Waals surface area contributed by atoms with E-state index >= 15 is 0 Å². The third-order valence-electron chi connectivity index (χ3n) is 6.34. The van der Waals surface area contributed by atoms with Crippen molar-refractivity contribution in [2.45, 2.75) is 51.2 Å². The zero-order valence-corrected chi connectivity index (χ0v) is 19.6. The molecule has 3 aromatic heterocycles. The number of nitrogens with one attached hydrogen (secondary N) is 1. The minimum atomic E-state index is -0.611. The van der Waals surface area contributed by atoms with Crippen LogP contribution in [0.15, 0.2) is 54.0 Å². The fourth-order valence-electron chi connectivity index (χ4n) is 4.14. The fourth-order valence-corrected chi connectivity index (χ4v) is 4.14. The van der Waals surface area contributed by atoms with Crippen LogP contribution in [0.3, 0.4) is 0 Å². The summed E-state index contributed by atoms with van der Waals surface area (Å²) in [6, 6.07) is 9.04. The second kappa shape index (κ2) is 8.43. The van der Waals surface area contributed by atoms with Gasteiger partial charge in [-0.3, -0.25) is 14.2 Å². The molecule has 0 aliphatic heterocycles. The van der Waals surface area contributed by atoms with E-state index in [1.54, 1.807) is 24.0 Å². The Hall–Kier alpha value is -4.39. The van der Waals surface area contributed by atoms with Crippen molar-refractivity contribution in [1.29, 1.82) is 5.26 Å². The van der Waals surface area contributed by atoms with Gasteiger partial charge in [0.05, 0.1) is 35.1 Å². The van der Waals surface area contributed by atoms with Gasteiger partial charge in [0.15, 0.2) is 5.65 Å². The van der Waals surface area contributed by atoms with Crippen LogP contribution in [0.1, 0.15) is 61.9 Å². The van der Waals surface area contributed by atoms with Gasteiger partial charge in [0.1, 0.15) is 6.04 Å². The number of aromatic nitrogens is 6. The van der Waals surface area contributed by atoms with Gasteiger partial charge in [0, 0.05) is 18.4 Å². The number of benzene rings is 1. The minimum absolute atomic E-state index is 0.102. The minimum Gasteiger partial charge on any atom is -0.340 e. The second-order valence-corrected chi connectivity index (χ2v) is 9.09. The Bertz CT molecular complexity index is 1520. The lowest BCUT2D eigenvalue weighted by Gasteiger charge is -2.18. The van der Waals surface area contributed by atoms with Gasteiger partial charge in [0.25, 0.3) is 11.5 Å². The third kappa shape index (κ3) is 3.95. The van der Waals surface area contributed by atoms with E-state index in [2.05, 4.69) is 31.4 Å². The highest BCUT2D eigenvalue weighted by molar-refractivity contribution is 5.93. The van der Waals surface area contributed by atoms with Crippen LogP contribution in [0.25, 0.3) is 22.2 Å². The molecule has 0 spiro atoms. The van der Waals surface area contributed by atoms with E-state index in [1.165, 1.54) is 17.1 Å². The molecule has 4 aromatic rings. The summed E-state index contributed by atoms with van der Waals surface area (Å²) in [5.41, 5.74) is 1.92. The number of fused-ring (bicyclic) bond motifs is 1. The first-order valence-electron chi connectivity index (χ1n) is 11.4. The topological polar surface area (TPSA) is 131 Å². The summed E-state index contributed by atoms with van der Waals surface area (Å²) in [6.07, 6.45) is 7.77. The average molecular weight is 469 g/mol. The lowest BCUT2D eigenvalue weighted by atomic mass is 10.0. The first kappa shape index (κ1) is 22.4. The summed E-state index contributed by atoms with van der Waals surface area (Å²) >= 11 is 0. The van der Waals surface area contributed by atoms with E-state index < -0.39 is 11.6 Å². The van der Waals surface area contributed by atoms with Crippen LogP contribution in [0.5, 0.6) is 0 Å². The van der Waals surface area contributed by atoms with Crippen LogP contribution in [0.2, 0.25) is 0 Å². The molecular weight excluding hydrogens is 444 g/mol. The van der Waals surface area contributed by atoms with E-state index in [1.807, 2.05) is 38.1 Å². The van der Waals surface area contributed by atoms with Crippen LogP contribution in [0.4, 0.5) is 0 Å². The maximum atomic E-state index is 13.0. The number of nitrogens with zero attached hydrogens (tertiary/aromatic N) is 7. The summed E-state index contributed by atoms with van der Waals surface area (Å²) in [6.45, 7) is 5.65. The molecular formula is C25H24N8O2. The number of rotatable bonds is 6. The van der Waals surface area contributed by atoms with Crippen molar-refractivity contribution in [3.8, 4) is 17.2 Å². The van der Waals surface area contributed by atoms with E-state index in [9.17, 15) is 9.59 Å². The molecule has 176 valence electrons. The van der Waals surface area contributed by atoms with Gasteiger partial charge < -0.3 is 5.32 Å². The molecule has 1 aromatic carbocycles. The molecule has 0 saturated heterocycles. The van der Waals surface area contributed by atoms with Gasteiger partial charge in [0.2, 0.25) is 5.82 Å². The van der Waals surface area contributed by atoms with Gasteiger partial charge in [-0.25, -0.2) is 19.6 Å². The van der Waals surface area contributed by atoms with E-state index in [4.69, 9.17) is 5.26 Å². The Labute approximate surface area is 201 Å². The molecule has 1 aliphatic rings. The quantitative estimate of drug-likeness (QED) is 0.460. The molecule has 1 fully saturated rings. The van der Waals surface area contributed by atoms with Gasteiger partial charge in [-0.2, -0.15) is 10.4 Å². The number of hydrogen-bond acceptors (Lipinski definition) is 7. The molecule has 3 heterocycles. The van der Waals surface area contributed by atoms with Crippen molar-refractivity contribution < 1.29 is 4.79 Å². The summed E-state index contributed by atoms with van der Waals surface area (Å²) in [5, 5.41) is 17.4. The predicted octanol–water partition coefficient (Wildman–Crippen LogP) is 3.13. The molecule has 1 amide bonds. The molecule has 1 atom stereocenters. The standard InChI is InChI=1S/C25H24N8O2/c1-15(2)33-22-18(12-29-33)11-28-21(30-22)23(34)31-25(8-9-25)19-6-4-17(5-7-19)20-13-27-14-32(24(20)35)16(3)10-26/h4-7,11-16H,8-9H2,1-3H3,(H,31,34). The summed E-state index contributed by atoms with van der Waals surface area (Å²) in [7, 11) is 0. The number of hydrogen-bond donors (Lipinski definition) is 1. The molecule has 0 bridgehead atoms. The maximum Gasteiger partial charge on any atom is 0.289 e. The maximum absolute atomic E-state index is 13.0. The second-order valence-electron chi connectivity index (χ2n) is 9.09. The van der Waals surface area contributed by atoms with Crippen LogP contribution >= 0.6 is 0 Å². The molecule has 1 aliphatic carbocycles. The Kier molecular flexibility index (Phi) is 5.40. The molecule has 35 heavy (non-hydrogen) atoms. The highest BCUT2D eigenvalue weighted by Crippen LogP contribution is 2.46. The monoisotopic (exact) mass is 468 g/mol. The third-order valence-corrected chi connectivity index (χ3v) is 6.34. The molecule has 1 N–H and O–H groups in total. The summed E-state index contributed by atoms with van der Waals surface area (Å²) < 4.78 is 3.08. The van der Waals surface area contributed by atoms with Gasteiger partial charge in [-0.1, -0.05) is 24.3 Å². The van der Waals surface area contributed by atoms with Crippen molar-refractivity contribution in [1.82, 2.24) is 34.6 Å².